The summed E-state index contributed by atoms with van der Waals surface area (Å²) in [7, 11) is 0. The Labute approximate surface area is 146 Å². The third kappa shape index (κ3) is 2.11. The zero-order chi connectivity index (χ0) is 18.4. The van der Waals surface area contributed by atoms with Gasteiger partial charge < -0.3 is 4.74 Å². The minimum Gasteiger partial charge on any atom is -0.367 e. The molecule has 2 amide bonds. The molecule has 0 aromatic heterocycles. The highest BCUT2D eigenvalue weighted by Gasteiger charge is 2.72. The molecule has 0 spiro atoms. The van der Waals surface area contributed by atoms with Gasteiger partial charge in [-0.1, -0.05) is 11.6 Å². The fourth-order valence-corrected chi connectivity index (χ4v) is 4.77. The summed E-state index contributed by atoms with van der Waals surface area (Å²) in [4.78, 5) is 26.7. The molecule has 3 saturated heterocycles. The molecule has 3 heterocycles. The summed E-state index contributed by atoms with van der Waals surface area (Å²) < 4.78 is 45.0. The summed E-state index contributed by atoms with van der Waals surface area (Å²) in [5.41, 5.74) is -2.71. The van der Waals surface area contributed by atoms with Crippen molar-refractivity contribution in [1.82, 2.24) is 0 Å². The number of benzene rings is 1. The highest BCUT2D eigenvalue weighted by molar-refractivity contribution is 6.36. The van der Waals surface area contributed by atoms with Gasteiger partial charge in [-0.2, -0.15) is 13.2 Å². The molecule has 3 aliphatic heterocycles. The number of rotatable bonds is 1. The van der Waals surface area contributed by atoms with Crippen molar-refractivity contribution in [1.29, 1.82) is 0 Å². The quantitative estimate of drug-likeness (QED) is 0.703. The highest BCUT2D eigenvalue weighted by atomic mass is 35.5. The smallest absolute Gasteiger partial charge is 0.367 e. The van der Waals surface area contributed by atoms with Crippen molar-refractivity contribution in [2.24, 2.45) is 11.8 Å². The number of halogens is 4. The predicted molar refractivity (Wildman–Crippen MR) is 83.1 cm³/mol. The zero-order valence-corrected chi connectivity index (χ0v) is 14.2. The number of anilines is 1. The number of nitrogens with zero attached hydrogens (tertiary/aromatic N) is 1. The molecule has 4 unspecified atom stereocenters. The molecule has 0 N–H and O–H groups in total. The van der Waals surface area contributed by atoms with Crippen LogP contribution in [-0.4, -0.2) is 23.0 Å². The maximum atomic E-state index is 13.0. The van der Waals surface area contributed by atoms with E-state index in [-0.39, 0.29) is 10.7 Å². The second-order valence-electron chi connectivity index (χ2n) is 7.36. The first kappa shape index (κ1) is 16.8. The number of imide groups is 1. The molecule has 0 aliphatic carbocycles. The molecule has 0 radical (unpaired) electrons. The maximum absolute atomic E-state index is 13.0. The second-order valence-corrected chi connectivity index (χ2v) is 7.77. The van der Waals surface area contributed by atoms with Crippen LogP contribution in [0.15, 0.2) is 18.2 Å². The van der Waals surface area contributed by atoms with Crippen LogP contribution >= 0.6 is 11.6 Å². The van der Waals surface area contributed by atoms with E-state index in [4.69, 9.17) is 16.3 Å². The SMILES string of the molecule is CC12CCC(C)(O1)C1C(=O)N(c3cc(C(F)(F)F)ccc3Cl)C(=O)C12. The van der Waals surface area contributed by atoms with E-state index in [2.05, 4.69) is 0 Å². The lowest BCUT2D eigenvalue weighted by Crippen LogP contribution is -2.40. The molecule has 2 bridgehead atoms. The van der Waals surface area contributed by atoms with Gasteiger partial charge in [0.25, 0.3) is 0 Å². The molecule has 8 heteroatoms. The largest absolute Gasteiger partial charge is 0.416 e. The number of ether oxygens (including phenoxy) is 1. The van der Waals surface area contributed by atoms with Crippen LogP contribution in [0, 0.1) is 11.8 Å². The van der Waals surface area contributed by atoms with Gasteiger partial charge in [0.2, 0.25) is 11.8 Å². The van der Waals surface area contributed by atoms with Crippen LogP contribution in [0.5, 0.6) is 0 Å². The van der Waals surface area contributed by atoms with E-state index in [0.717, 1.165) is 23.1 Å². The van der Waals surface area contributed by atoms with Crippen molar-refractivity contribution in [3.63, 3.8) is 0 Å². The van der Waals surface area contributed by atoms with Crippen molar-refractivity contribution >= 4 is 29.1 Å². The van der Waals surface area contributed by atoms with Crippen molar-refractivity contribution in [3.05, 3.63) is 28.8 Å². The van der Waals surface area contributed by atoms with E-state index in [9.17, 15) is 22.8 Å². The molecule has 4 nitrogen and oxygen atoms in total. The molecule has 3 fully saturated rings. The molecule has 0 saturated carbocycles. The zero-order valence-electron chi connectivity index (χ0n) is 13.5. The lowest BCUT2D eigenvalue weighted by atomic mass is 9.69. The van der Waals surface area contributed by atoms with Crippen molar-refractivity contribution in [2.75, 3.05) is 4.90 Å². The fourth-order valence-electron chi connectivity index (χ4n) is 4.57. The number of fused-ring (bicyclic) bond motifs is 5. The van der Waals surface area contributed by atoms with Crippen LogP contribution in [0.4, 0.5) is 18.9 Å². The second kappa shape index (κ2) is 4.76. The molecular formula is C17H15ClF3NO3. The topological polar surface area (TPSA) is 46.6 Å². The van der Waals surface area contributed by atoms with Gasteiger partial charge in [0.15, 0.2) is 0 Å². The monoisotopic (exact) mass is 373 g/mol. The summed E-state index contributed by atoms with van der Waals surface area (Å²) in [6.45, 7) is 3.57. The number of carbonyl (C=O) groups excluding carboxylic acids is 2. The molecule has 4 rings (SSSR count). The van der Waals surface area contributed by atoms with E-state index in [1.807, 2.05) is 0 Å². The maximum Gasteiger partial charge on any atom is 0.416 e. The van der Waals surface area contributed by atoms with Crippen molar-refractivity contribution < 1.29 is 27.5 Å². The van der Waals surface area contributed by atoms with Gasteiger partial charge in [-0.25, -0.2) is 4.90 Å². The van der Waals surface area contributed by atoms with Crippen LogP contribution < -0.4 is 4.90 Å². The standard InChI is InChI=1S/C17H15ClF3NO3/c1-15-5-6-16(2,25-15)12-11(15)13(23)22(14(12)24)10-7-8(17(19,20)21)3-4-9(10)18/h3-4,7,11-12H,5-6H2,1-2H3. The Hall–Kier alpha value is -1.60. The molecule has 1 aromatic carbocycles. The summed E-state index contributed by atoms with van der Waals surface area (Å²) in [6.07, 6.45) is -3.33. The summed E-state index contributed by atoms with van der Waals surface area (Å²) in [5.74, 6) is -2.46. The average molecular weight is 374 g/mol. The van der Waals surface area contributed by atoms with Gasteiger partial charge >= 0.3 is 6.18 Å². The normalized spacial score (nSPS) is 37.1. The molecule has 4 atom stereocenters. The van der Waals surface area contributed by atoms with Crippen molar-refractivity contribution in [3.8, 4) is 0 Å². The molecule has 3 aliphatic rings. The van der Waals surface area contributed by atoms with Crippen LogP contribution in [-0.2, 0) is 20.5 Å². The Bertz CT molecular complexity index is 777. The first-order valence-electron chi connectivity index (χ1n) is 7.93. The molecule has 1 aromatic rings. The Morgan fingerprint density at radius 1 is 1.12 bits per heavy atom. The lowest BCUT2D eigenvalue weighted by molar-refractivity contribution is -0.138. The van der Waals surface area contributed by atoms with E-state index >= 15 is 0 Å². The molecule has 25 heavy (non-hydrogen) atoms. The average Bonchev–Trinajstić information content (AvgIpc) is 3.04. The van der Waals surface area contributed by atoms with E-state index in [0.29, 0.717) is 12.8 Å². The van der Waals surface area contributed by atoms with Crippen LogP contribution in [0.2, 0.25) is 5.02 Å². The number of amides is 2. The Morgan fingerprint density at radius 3 is 2.12 bits per heavy atom. The fraction of sp³-hybridized carbons (Fsp3) is 0.529. The Balaban J connectivity index is 1.81. The van der Waals surface area contributed by atoms with Crippen molar-refractivity contribution in [2.45, 2.75) is 44.1 Å². The third-order valence-corrected chi connectivity index (χ3v) is 6.04. The number of alkyl halides is 3. The Morgan fingerprint density at radius 2 is 1.64 bits per heavy atom. The Kier molecular flexibility index (Phi) is 3.21. The summed E-state index contributed by atoms with van der Waals surface area (Å²) >= 11 is 6.03. The third-order valence-electron chi connectivity index (χ3n) is 5.72. The number of hydrogen-bond donors (Lipinski definition) is 0. The van der Waals surface area contributed by atoms with E-state index < -0.39 is 46.6 Å². The van der Waals surface area contributed by atoms with Gasteiger partial charge in [0.05, 0.1) is 39.3 Å². The lowest BCUT2D eigenvalue weighted by Gasteiger charge is -2.27. The van der Waals surface area contributed by atoms with Crippen LogP contribution in [0.1, 0.15) is 32.3 Å². The molecular weight excluding hydrogens is 359 g/mol. The van der Waals surface area contributed by atoms with Crippen LogP contribution in [0.3, 0.4) is 0 Å². The minimum absolute atomic E-state index is 0.0711. The van der Waals surface area contributed by atoms with E-state index in [1.165, 1.54) is 0 Å². The van der Waals surface area contributed by atoms with Gasteiger partial charge in [-0.15, -0.1) is 0 Å². The predicted octanol–water partition coefficient (Wildman–Crippen LogP) is 3.81. The van der Waals surface area contributed by atoms with Gasteiger partial charge in [0, 0.05) is 0 Å². The summed E-state index contributed by atoms with van der Waals surface area (Å²) in [6, 6.07) is 2.64. The van der Waals surface area contributed by atoms with E-state index in [1.54, 1.807) is 13.8 Å². The van der Waals surface area contributed by atoms with Crippen LogP contribution in [0.25, 0.3) is 0 Å². The summed E-state index contributed by atoms with van der Waals surface area (Å²) in [5, 5.41) is -0.0711. The highest BCUT2D eigenvalue weighted by Crippen LogP contribution is 2.61. The first-order valence-corrected chi connectivity index (χ1v) is 8.30. The van der Waals surface area contributed by atoms with Gasteiger partial charge in [0.1, 0.15) is 0 Å². The minimum atomic E-state index is -4.60. The number of hydrogen-bond acceptors (Lipinski definition) is 3. The molecule has 134 valence electrons. The first-order chi connectivity index (χ1) is 11.5. The van der Waals surface area contributed by atoms with Gasteiger partial charge in [-0.05, 0) is 44.9 Å². The number of carbonyl (C=O) groups is 2. The van der Waals surface area contributed by atoms with Gasteiger partial charge in [-0.3, -0.25) is 9.59 Å².